The second-order valence-corrected chi connectivity index (χ2v) is 8.68. The zero-order valence-electron chi connectivity index (χ0n) is 22.0. The van der Waals surface area contributed by atoms with Crippen molar-refractivity contribution in [3.63, 3.8) is 0 Å². The number of carbonyl (C=O) groups excluding carboxylic acids is 1. The molecule has 36 heavy (non-hydrogen) atoms. The van der Waals surface area contributed by atoms with Gasteiger partial charge in [-0.05, 0) is 68.8 Å². The standard InChI is InChI=1S/C26H36N4O4.C2H6/c1-20(31)28-24(26(32)33)14-17-30(18-19-34-23-10-3-2-4-11-23)16-6-5-9-22-13-12-21-8-7-15-27-25(21)29-22;1-2/h2-4,10-13,24H,5-9,14-19H2,1H3,(H,27,29)(H,28,31)(H,32,33);1-2H3. The minimum Gasteiger partial charge on any atom is -0.492 e. The van der Waals surface area contributed by atoms with Crippen molar-refractivity contribution in [2.45, 2.75) is 65.3 Å². The smallest absolute Gasteiger partial charge is 0.326 e. The number of nitrogens with zero attached hydrogens (tertiary/aromatic N) is 2. The number of amides is 1. The van der Waals surface area contributed by atoms with Crippen molar-refractivity contribution in [3.05, 3.63) is 53.7 Å². The largest absolute Gasteiger partial charge is 0.492 e. The maximum absolute atomic E-state index is 11.5. The van der Waals surface area contributed by atoms with Gasteiger partial charge in [0.05, 0.1) is 0 Å². The molecule has 3 N–H and O–H groups in total. The number of hydrogen-bond donors (Lipinski definition) is 3. The van der Waals surface area contributed by atoms with E-state index < -0.39 is 12.0 Å². The Kier molecular flexibility index (Phi) is 13.4. The third-order valence-electron chi connectivity index (χ3n) is 5.94. The van der Waals surface area contributed by atoms with Crippen LogP contribution in [0.5, 0.6) is 5.75 Å². The van der Waals surface area contributed by atoms with Crippen molar-refractivity contribution in [2.24, 2.45) is 0 Å². The number of carboxylic acids is 1. The molecule has 8 nitrogen and oxygen atoms in total. The van der Waals surface area contributed by atoms with Crippen LogP contribution in [0.15, 0.2) is 42.5 Å². The van der Waals surface area contributed by atoms with Gasteiger partial charge in [0.25, 0.3) is 0 Å². The lowest BCUT2D eigenvalue weighted by atomic mass is 10.1. The molecule has 2 heterocycles. The van der Waals surface area contributed by atoms with Gasteiger partial charge >= 0.3 is 5.97 Å². The van der Waals surface area contributed by atoms with Crippen LogP contribution in [0.4, 0.5) is 5.82 Å². The molecule has 1 unspecified atom stereocenters. The predicted molar refractivity (Wildman–Crippen MR) is 144 cm³/mol. The van der Waals surface area contributed by atoms with Crippen LogP contribution in [-0.4, -0.2) is 65.7 Å². The van der Waals surface area contributed by atoms with E-state index in [2.05, 4.69) is 27.7 Å². The van der Waals surface area contributed by atoms with Gasteiger partial charge in [-0.25, -0.2) is 9.78 Å². The number of aromatic nitrogens is 1. The second kappa shape index (κ2) is 16.5. The van der Waals surface area contributed by atoms with Gasteiger partial charge in [0.2, 0.25) is 5.91 Å². The molecule has 1 aliphatic heterocycles. The minimum atomic E-state index is -1.01. The number of carboxylic acid groups (broad SMARTS) is 1. The first kappa shape index (κ1) is 29.1. The number of aryl methyl sites for hydroxylation is 2. The number of aliphatic carboxylic acids is 1. The number of rotatable bonds is 14. The summed E-state index contributed by atoms with van der Waals surface area (Å²) in [5.74, 6) is 0.499. The topological polar surface area (TPSA) is 104 Å². The predicted octanol–water partition coefficient (Wildman–Crippen LogP) is 4.15. The number of hydrogen-bond acceptors (Lipinski definition) is 6. The number of pyridine rings is 1. The van der Waals surface area contributed by atoms with Crippen LogP contribution in [-0.2, 0) is 22.4 Å². The number of carbonyl (C=O) groups is 2. The zero-order valence-corrected chi connectivity index (χ0v) is 22.0. The van der Waals surface area contributed by atoms with Crippen LogP contribution in [0.1, 0.15) is 57.7 Å². The summed E-state index contributed by atoms with van der Waals surface area (Å²) in [4.78, 5) is 29.8. The number of fused-ring (bicyclic) bond motifs is 1. The normalized spacial score (nSPS) is 13.0. The molecule has 1 atom stereocenters. The van der Waals surface area contributed by atoms with E-state index in [1.165, 1.54) is 12.5 Å². The molecule has 0 radical (unpaired) electrons. The lowest BCUT2D eigenvalue weighted by Gasteiger charge is -2.24. The molecule has 3 rings (SSSR count). The molecular weight excluding hydrogens is 456 g/mol. The number of ether oxygens (including phenoxy) is 1. The first-order chi connectivity index (χ1) is 17.5. The van der Waals surface area contributed by atoms with E-state index in [0.29, 0.717) is 26.1 Å². The van der Waals surface area contributed by atoms with Crippen molar-refractivity contribution in [3.8, 4) is 5.75 Å². The quantitative estimate of drug-likeness (QED) is 0.336. The van der Waals surface area contributed by atoms with Gasteiger partial charge in [0.15, 0.2) is 0 Å². The molecule has 198 valence electrons. The fraction of sp³-hybridized carbons (Fsp3) is 0.536. The van der Waals surface area contributed by atoms with Crippen molar-refractivity contribution in [1.29, 1.82) is 0 Å². The van der Waals surface area contributed by atoms with Gasteiger partial charge in [-0.15, -0.1) is 0 Å². The fourth-order valence-electron chi connectivity index (χ4n) is 4.11. The molecule has 0 spiro atoms. The summed E-state index contributed by atoms with van der Waals surface area (Å²) in [6.45, 7) is 8.91. The van der Waals surface area contributed by atoms with Crippen LogP contribution in [0, 0.1) is 0 Å². The van der Waals surface area contributed by atoms with E-state index in [4.69, 9.17) is 9.72 Å². The summed E-state index contributed by atoms with van der Waals surface area (Å²) in [6.07, 6.45) is 5.46. The molecule has 1 amide bonds. The molecule has 1 aliphatic rings. The average molecular weight is 499 g/mol. The number of anilines is 1. The highest BCUT2D eigenvalue weighted by Gasteiger charge is 2.19. The first-order valence-electron chi connectivity index (χ1n) is 13.1. The van der Waals surface area contributed by atoms with Gasteiger partial charge in [-0.1, -0.05) is 38.1 Å². The van der Waals surface area contributed by atoms with E-state index in [1.807, 2.05) is 44.2 Å². The van der Waals surface area contributed by atoms with Gasteiger partial charge < -0.3 is 20.5 Å². The second-order valence-electron chi connectivity index (χ2n) is 8.68. The van der Waals surface area contributed by atoms with Crippen molar-refractivity contribution < 1.29 is 19.4 Å². The SMILES string of the molecule is CC.CC(=O)NC(CCN(CCCCc1ccc2c(n1)NCCC2)CCOc1ccccc1)C(=O)O. The van der Waals surface area contributed by atoms with Crippen LogP contribution < -0.4 is 15.4 Å². The summed E-state index contributed by atoms with van der Waals surface area (Å²) in [5, 5.41) is 15.3. The molecular formula is C28H42N4O4. The highest BCUT2D eigenvalue weighted by atomic mass is 16.5. The van der Waals surface area contributed by atoms with E-state index in [-0.39, 0.29) is 5.91 Å². The number of para-hydroxylation sites is 1. The molecule has 1 aromatic heterocycles. The Hall–Kier alpha value is -3.13. The Labute approximate surface area is 215 Å². The maximum Gasteiger partial charge on any atom is 0.326 e. The molecule has 1 aromatic carbocycles. The third kappa shape index (κ3) is 10.6. The van der Waals surface area contributed by atoms with Gasteiger partial charge in [-0.3, -0.25) is 9.69 Å². The summed E-state index contributed by atoms with van der Waals surface area (Å²) >= 11 is 0. The highest BCUT2D eigenvalue weighted by molar-refractivity contribution is 5.82. The Bertz CT molecular complexity index is 923. The number of nitrogens with one attached hydrogen (secondary N) is 2. The van der Waals surface area contributed by atoms with E-state index in [1.54, 1.807) is 0 Å². The molecule has 0 saturated carbocycles. The van der Waals surface area contributed by atoms with Gasteiger partial charge in [0.1, 0.15) is 24.2 Å². The van der Waals surface area contributed by atoms with Crippen molar-refractivity contribution >= 4 is 17.7 Å². The third-order valence-corrected chi connectivity index (χ3v) is 5.94. The molecule has 0 fully saturated rings. The van der Waals surface area contributed by atoms with Crippen molar-refractivity contribution in [2.75, 3.05) is 38.1 Å². The summed E-state index contributed by atoms with van der Waals surface area (Å²) < 4.78 is 5.84. The summed E-state index contributed by atoms with van der Waals surface area (Å²) in [7, 11) is 0. The number of unbranched alkanes of at least 4 members (excludes halogenated alkanes) is 1. The molecule has 0 saturated heterocycles. The van der Waals surface area contributed by atoms with E-state index in [9.17, 15) is 14.7 Å². The first-order valence-corrected chi connectivity index (χ1v) is 13.1. The Morgan fingerprint density at radius 3 is 2.61 bits per heavy atom. The average Bonchev–Trinajstić information content (AvgIpc) is 2.89. The lowest BCUT2D eigenvalue weighted by Crippen LogP contribution is -2.42. The molecule has 0 aliphatic carbocycles. The van der Waals surface area contributed by atoms with Crippen LogP contribution in [0.25, 0.3) is 0 Å². The van der Waals surface area contributed by atoms with Crippen LogP contribution in [0.2, 0.25) is 0 Å². The van der Waals surface area contributed by atoms with E-state index in [0.717, 1.165) is 62.5 Å². The fourth-order valence-corrected chi connectivity index (χ4v) is 4.11. The number of benzene rings is 1. The van der Waals surface area contributed by atoms with Gasteiger partial charge in [-0.2, -0.15) is 0 Å². The van der Waals surface area contributed by atoms with E-state index >= 15 is 0 Å². The Morgan fingerprint density at radius 1 is 1.11 bits per heavy atom. The maximum atomic E-state index is 11.5. The molecule has 8 heteroatoms. The Balaban J connectivity index is 0.00000222. The molecule has 2 aromatic rings. The van der Waals surface area contributed by atoms with Crippen LogP contribution in [0.3, 0.4) is 0 Å². The summed E-state index contributed by atoms with van der Waals surface area (Å²) in [5.41, 5.74) is 2.40. The summed E-state index contributed by atoms with van der Waals surface area (Å²) in [6, 6.07) is 13.1. The zero-order chi connectivity index (χ0) is 26.2. The van der Waals surface area contributed by atoms with Crippen LogP contribution >= 0.6 is 0 Å². The monoisotopic (exact) mass is 498 g/mol. The Morgan fingerprint density at radius 2 is 1.89 bits per heavy atom. The highest BCUT2D eigenvalue weighted by Crippen LogP contribution is 2.20. The van der Waals surface area contributed by atoms with Gasteiger partial charge in [0, 0.05) is 32.3 Å². The lowest BCUT2D eigenvalue weighted by molar-refractivity contribution is -0.141. The minimum absolute atomic E-state index is 0.335. The van der Waals surface area contributed by atoms with Crippen molar-refractivity contribution in [1.82, 2.24) is 15.2 Å². The molecule has 0 bridgehead atoms.